The number of aryl methyl sites for hydroxylation is 1. The van der Waals surface area contributed by atoms with Crippen molar-refractivity contribution < 1.29 is 9.59 Å². The summed E-state index contributed by atoms with van der Waals surface area (Å²) in [5.41, 5.74) is 7.87. The van der Waals surface area contributed by atoms with Crippen LogP contribution in [-0.2, 0) is 6.42 Å². The Balaban J connectivity index is 2.14. The minimum atomic E-state index is -0.520. The van der Waals surface area contributed by atoms with Crippen LogP contribution in [0.2, 0.25) is 0 Å². The first-order chi connectivity index (χ1) is 9.60. The highest BCUT2D eigenvalue weighted by molar-refractivity contribution is 6.05. The summed E-state index contributed by atoms with van der Waals surface area (Å²) >= 11 is 0. The highest BCUT2D eigenvalue weighted by Crippen LogP contribution is 2.13. The average Bonchev–Trinajstić information content (AvgIpc) is 2.47. The van der Waals surface area contributed by atoms with Crippen molar-refractivity contribution in [2.75, 3.05) is 5.32 Å². The van der Waals surface area contributed by atoms with Gasteiger partial charge in [-0.05, 0) is 42.3 Å². The van der Waals surface area contributed by atoms with Crippen LogP contribution in [0.5, 0.6) is 0 Å². The van der Waals surface area contributed by atoms with Gasteiger partial charge in [0.15, 0.2) is 0 Å². The Morgan fingerprint density at radius 3 is 2.35 bits per heavy atom. The standard InChI is InChI=1S/C16H16N2O2/c1-2-11-6-8-12(9-7-11)16(20)18-14-5-3-4-13(10-14)15(17)19/h3-10H,2H2,1H3,(H2,17,19)(H,18,20). The Morgan fingerprint density at radius 1 is 1.05 bits per heavy atom. The number of nitrogens with two attached hydrogens (primary N) is 1. The monoisotopic (exact) mass is 268 g/mol. The predicted octanol–water partition coefficient (Wildman–Crippen LogP) is 2.60. The first-order valence-corrected chi connectivity index (χ1v) is 6.40. The molecule has 4 heteroatoms. The topological polar surface area (TPSA) is 72.2 Å². The van der Waals surface area contributed by atoms with Crippen LogP contribution in [0, 0.1) is 0 Å². The Labute approximate surface area is 117 Å². The maximum atomic E-state index is 12.1. The summed E-state index contributed by atoms with van der Waals surface area (Å²) in [7, 11) is 0. The van der Waals surface area contributed by atoms with Crippen LogP contribution >= 0.6 is 0 Å². The summed E-state index contributed by atoms with van der Waals surface area (Å²) < 4.78 is 0. The molecule has 0 saturated carbocycles. The van der Waals surface area contributed by atoms with Crippen molar-refractivity contribution >= 4 is 17.5 Å². The molecule has 0 radical (unpaired) electrons. The molecular weight excluding hydrogens is 252 g/mol. The number of hydrogen-bond acceptors (Lipinski definition) is 2. The zero-order valence-electron chi connectivity index (χ0n) is 11.2. The molecule has 2 aromatic carbocycles. The lowest BCUT2D eigenvalue weighted by molar-refractivity contribution is 0.0996. The van der Waals surface area contributed by atoms with Crippen LogP contribution in [0.3, 0.4) is 0 Å². The molecule has 0 heterocycles. The largest absolute Gasteiger partial charge is 0.366 e. The van der Waals surface area contributed by atoms with Crippen LogP contribution < -0.4 is 11.1 Å². The fraction of sp³-hybridized carbons (Fsp3) is 0.125. The first kappa shape index (κ1) is 13.8. The van der Waals surface area contributed by atoms with Gasteiger partial charge in [0.25, 0.3) is 5.91 Å². The van der Waals surface area contributed by atoms with Crippen LogP contribution in [0.4, 0.5) is 5.69 Å². The van der Waals surface area contributed by atoms with E-state index < -0.39 is 5.91 Å². The van der Waals surface area contributed by atoms with E-state index in [1.54, 1.807) is 36.4 Å². The van der Waals surface area contributed by atoms with E-state index in [0.717, 1.165) is 6.42 Å². The number of amides is 2. The van der Waals surface area contributed by atoms with E-state index in [0.29, 0.717) is 16.8 Å². The maximum Gasteiger partial charge on any atom is 0.255 e. The second-order valence-corrected chi connectivity index (χ2v) is 4.45. The zero-order valence-corrected chi connectivity index (χ0v) is 11.2. The summed E-state index contributed by atoms with van der Waals surface area (Å²) in [4.78, 5) is 23.2. The molecule has 0 aliphatic heterocycles. The molecule has 2 amide bonds. The molecule has 4 nitrogen and oxygen atoms in total. The molecule has 20 heavy (non-hydrogen) atoms. The Kier molecular flexibility index (Phi) is 4.15. The van der Waals surface area contributed by atoms with E-state index in [1.165, 1.54) is 5.56 Å². The van der Waals surface area contributed by atoms with E-state index in [-0.39, 0.29) is 5.91 Å². The average molecular weight is 268 g/mol. The van der Waals surface area contributed by atoms with Crippen molar-refractivity contribution in [3.63, 3.8) is 0 Å². The Hall–Kier alpha value is -2.62. The molecular formula is C16H16N2O2. The number of anilines is 1. The van der Waals surface area contributed by atoms with Gasteiger partial charge in [-0.25, -0.2) is 0 Å². The minimum absolute atomic E-state index is 0.214. The normalized spacial score (nSPS) is 10.1. The minimum Gasteiger partial charge on any atom is -0.366 e. The second kappa shape index (κ2) is 6.02. The van der Waals surface area contributed by atoms with Crippen molar-refractivity contribution in [3.05, 3.63) is 65.2 Å². The number of carbonyl (C=O) groups is 2. The smallest absolute Gasteiger partial charge is 0.255 e. The van der Waals surface area contributed by atoms with Crippen molar-refractivity contribution in [1.82, 2.24) is 0 Å². The third kappa shape index (κ3) is 3.23. The van der Waals surface area contributed by atoms with Gasteiger partial charge < -0.3 is 11.1 Å². The molecule has 0 aromatic heterocycles. The van der Waals surface area contributed by atoms with E-state index in [1.807, 2.05) is 12.1 Å². The second-order valence-electron chi connectivity index (χ2n) is 4.45. The van der Waals surface area contributed by atoms with Gasteiger partial charge in [-0.15, -0.1) is 0 Å². The van der Waals surface area contributed by atoms with Gasteiger partial charge in [0.05, 0.1) is 0 Å². The summed E-state index contributed by atoms with van der Waals surface area (Å²) in [5.74, 6) is -0.734. The Bertz CT molecular complexity index is 633. The highest BCUT2D eigenvalue weighted by Gasteiger charge is 2.07. The molecule has 3 N–H and O–H groups in total. The molecule has 0 spiro atoms. The van der Waals surface area contributed by atoms with E-state index in [4.69, 9.17) is 5.73 Å². The van der Waals surface area contributed by atoms with Gasteiger partial charge in [-0.3, -0.25) is 9.59 Å². The summed E-state index contributed by atoms with van der Waals surface area (Å²) in [6.07, 6.45) is 0.933. The van der Waals surface area contributed by atoms with Crippen molar-refractivity contribution in [1.29, 1.82) is 0 Å². The third-order valence-electron chi connectivity index (χ3n) is 3.03. The van der Waals surface area contributed by atoms with Crippen LogP contribution in [0.15, 0.2) is 48.5 Å². The third-order valence-corrected chi connectivity index (χ3v) is 3.03. The number of primary amides is 1. The van der Waals surface area contributed by atoms with Crippen LogP contribution in [0.1, 0.15) is 33.2 Å². The molecule has 0 bridgehead atoms. The van der Waals surface area contributed by atoms with E-state index in [9.17, 15) is 9.59 Å². The molecule has 0 atom stereocenters. The lowest BCUT2D eigenvalue weighted by Gasteiger charge is -2.07. The number of hydrogen-bond donors (Lipinski definition) is 2. The van der Waals surface area contributed by atoms with Gasteiger partial charge in [0.1, 0.15) is 0 Å². The molecule has 102 valence electrons. The first-order valence-electron chi connectivity index (χ1n) is 6.40. The fourth-order valence-electron chi connectivity index (χ4n) is 1.85. The van der Waals surface area contributed by atoms with Gasteiger partial charge in [0.2, 0.25) is 5.91 Å². The van der Waals surface area contributed by atoms with Gasteiger partial charge >= 0.3 is 0 Å². The van der Waals surface area contributed by atoms with Crippen LogP contribution in [0.25, 0.3) is 0 Å². The lowest BCUT2D eigenvalue weighted by atomic mass is 10.1. The van der Waals surface area contributed by atoms with Crippen molar-refractivity contribution in [2.45, 2.75) is 13.3 Å². The molecule has 2 aromatic rings. The van der Waals surface area contributed by atoms with Gasteiger partial charge in [-0.2, -0.15) is 0 Å². The van der Waals surface area contributed by atoms with Crippen molar-refractivity contribution in [2.24, 2.45) is 5.73 Å². The quantitative estimate of drug-likeness (QED) is 0.894. The number of carbonyl (C=O) groups excluding carboxylic acids is 2. The zero-order chi connectivity index (χ0) is 14.5. The van der Waals surface area contributed by atoms with E-state index >= 15 is 0 Å². The van der Waals surface area contributed by atoms with Crippen LogP contribution in [-0.4, -0.2) is 11.8 Å². The number of nitrogens with one attached hydrogen (secondary N) is 1. The molecule has 0 saturated heterocycles. The fourth-order valence-corrected chi connectivity index (χ4v) is 1.85. The van der Waals surface area contributed by atoms with E-state index in [2.05, 4.69) is 12.2 Å². The number of benzene rings is 2. The molecule has 0 aliphatic carbocycles. The number of rotatable bonds is 4. The Morgan fingerprint density at radius 2 is 1.75 bits per heavy atom. The molecule has 2 rings (SSSR count). The lowest BCUT2D eigenvalue weighted by Crippen LogP contribution is -2.14. The van der Waals surface area contributed by atoms with Crippen molar-refractivity contribution in [3.8, 4) is 0 Å². The maximum absolute atomic E-state index is 12.1. The molecule has 0 aliphatic rings. The molecule has 0 fully saturated rings. The molecule has 0 unspecified atom stereocenters. The summed E-state index contributed by atoms with van der Waals surface area (Å²) in [6.45, 7) is 2.06. The summed E-state index contributed by atoms with van der Waals surface area (Å²) in [5, 5.41) is 2.74. The van der Waals surface area contributed by atoms with Gasteiger partial charge in [0, 0.05) is 16.8 Å². The SMILES string of the molecule is CCc1ccc(C(=O)Nc2cccc(C(N)=O)c2)cc1. The van der Waals surface area contributed by atoms with Gasteiger partial charge in [-0.1, -0.05) is 25.1 Å². The summed E-state index contributed by atoms with van der Waals surface area (Å²) in [6, 6.07) is 14.0. The predicted molar refractivity (Wildman–Crippen MR) is 78.7 cm³/mol. The highest BCUT2D eigenvalue weighted by atomic mass is 16.2.